The number of hydrogen-bond donors (Lipinski definition) is 2. The van der Waals surface area contributed by atoms with Gasteiger partial charge >= 0.3 is 0 Å². The molecule has 0 aliphatic heterocycles. The molecule has 0 bridgehead atoms. The van der Waals surface area contributed by atoms with Crippen LogP contribution in [0.15, 0.2) is 54.9 Å². The summed E-state index contributed by atoms with van der Waals surface area (Å²) in [6.45, 7) is 0.517. The first kappa shape index (κ1) is 14.0. The van der Waals surface area contributed by atoms with Crippen molar-refractivity contribution in [3.8, 4) is 0 Å². The highest BCUT2D eigenvalue weighted by Gasteiger charge is 2.11. The van der Waals surface area contributed by atoms with Crippen LogP contribution in [-0.2, 0) is 6.42 Å². The first-order valence-electron chi connectivity index (χ1n) is 7.07. The molecule has 0 aliphatic carbocycles. The second kappa shape index (κ2) is 6.22. The molecule has 0 saturated carbocycles. The summed E-state index contributed by atoms with van der Waals surface area (Å²) in [5.41, 5.74) is 7.01. The number of nitrogens with one attached hydrogen (secondary N) is 1. The third kappa shape index (κ3) is 2.88. The zero-order chi connectivity index (χ0) is 15.4. The zero-order valence-corrected chi connectivity index (χ0v) is 12.0. The summed E-state index contributed by atoms with van der Waals surface area (Å²) in [6.07, 6.45) is 3.66. The number of aromatic nitrogens is 2. The van der Waals surface area contributed by atoms with Crippen LogP contribution in [0.2, 0.25) is 0 Å². The molecule has 1 heterocycles. The second-order valence-corrected chi connectivity index (χ2v) is 4.93. The van der Waals surface area contributed by atoms with E-state index in [0.29, 0.717) is 6.54 Å². The van der Waals surface area contributed by atoms with Crippen LogP contribution >= 0.6 is 0 Å². The minimum absolute atomic E-state index is 0.144. The Morgan fingerprint density at radius 3 is 2.68 bits per heavy atom. The Balaban J connectivity index is 1.68. The lowest BCUT2D eigenvalue weighted by molar-refractivity contribution is 0.0950. The normalized spacial score (nSPS) is 10.5. The number of nitrogens with zero attached hydrogens (tertiary/aromatic N) is 2. The molecule has 0 unspecified atom stereocenters. The summed E-state index contributed by atoms with van der Waals surface area (Å²) < 4.78 is 0. The van der Waals surface area contributed by atoms with Crippen LogP contribution in [0.1, 0.15) is 16.1 Å². The van der Waals surface area contributed by atoms with E-state index in [0.717, 1.165) is 6.42 Å². The van der Waals surface area contributed by atoms with Gasteiger partial charge in [0.2, 0.25) is 0 Å². The molecular formula is C17H16N4O. The van der Waals surface area contributed by atoms with Crippen molar-refractivity contribution in [2.24, 2.45) is 0 Å². The predicted octanol–water partition coefficient (Wildman–Crippen LogP) is 2.18. The van der Waals surface area contributed by atoms with Crippen molar-refractivity contribution in [3.63, 3.8) is 0 Å². The van der Waals surface area contributed by atoms with Gasteiger partial charge < -0.3 is 11.1 Å². The number of nitrogen functional groups attached to an aromatic ring is 1. The number of benzene rings is 2. The molecule has 5 nitrogen and oxygen atoms in total. The van der Waals surface area contributed by atoms with E-state index < -0.39 is 0 Å². The number of rotatable bonds is 4. The topological polar surface area (TPSA) is 80.9 Å². The van der Waals surface area contributed by atoms with E-state index in [-0.39, 0.29) is 17.4 Å². The van der Waals surface area contributed by atoms with E-state index in [2.05, 4.69) is 39.6 Å². The van der Waals surface area contributed by atoms with Crippen molar-refractivity contribution < 1.29 is 4.79 Å². The van der Waals surface area contributed by atoms with E-state index in [1.54, 1.807) is 0 Å². The number of carbonyl (C=O) groups is 1. The summed E-state index contributed by atoms with van der Waals surface area (Å²) >= 11 is 0. The lowest BCUT2D eigenvalue weighted by Crippen LogP contribution is -2.27. The highest BCUT2D eigenvalue weighted by Crippen LogP contribution is 2.18. The number of fused-ring (bicyclic) bond motifs is 1. The smallest absolute Gasteiger partial charge is 0.273 e. The van der Waals surface area contributed by atoms with Crippen molar-refractivity contribution in [3.05, 3.63) is 66.1 Å². The SMILES string of the molecule is Nc1nccnc1C(=O)NCCc1cccc2ccccc12. The summed E-state index contributed by atoms with van der Waals surface area (Å²) in [7, 11) is 0. The number of hydrogen-bond acceptors (Lipinski definition) is 4. The number of nitrogens with two attached hydrogens (primary N) is 1. The first-order chi connectivity index (χ1) is 10.8. The average Bonchev–Trinajstić information content (AvgIpc) is 2.55. The van der Waals surface area contributed by atoms with Crippen LogP contribution in [-0.4, -0.2) is 22.4 Å². The van der Waals surface area contributed by atoms with Gasteiger partial charge in [0.15, 0.2) is 11.5 Å². The summed E-state index contributed by atoms with van der Waals surface area (Å²) in [5.74, 6) is -0.156. The quantitative estimate of drug-likeness (QED) is 0.772. The number of amides is 1. The van der Waals surface area contributed by atoms with Gasteiger partial charge in [0.25, 0.3) is 5.91 Å². The zero-order valence-electron chi connectivity index (χ0n) is 12.0. The molecule has 1 aromatic heterocycles. The monoisotopic (exact) mass is 292 g/mol. The lowest BCUT2D eigenvalue weighted by Gasteiger charge is -2.08. The maximum absolute atomic E-state index is 12.0. The number of anilines is 1. The Bertz CT molecular complexity index is 811. The van der Waals surface area contributed by atoms with Gasteiger partial charge in [0.1, 0.15) is 0 Å². The van der Waals surface area contributed by atoms with Gasteiger partial charge in [-0.15, -0.1) is 0 Å². The van der Waals surface area contributed by atoms with Crippen molar-refractivity contribution in [1.29, 1.82) is 0 Å². The maximum Gasteiger partial charge on any atom is 0.273 e. The minimum atomic E-state index is -0.300. The molecule has 0 radical (unpaired) electrons. The Hall–Kier alpha value is -2.95. The highest BCUT2D eigenvalue weighted by molar-refractivity contribution is 5.96. The van der Waals surface area contributed by atoms with Gasteiger partial charge in [-0.25, -0.2) is 9.97 Å². The first-order valence-corrected chi connectivity index (χ1v) is 7.07. The van der Waals surface area contributed by atoms with Crippen molar-refractivity contribution >= 4 is 22.5 Å². The summed E-state index contributed by atoms with van der Waals surface area (Å²) in [4.78, 5) is 19.8. The Kier molecular flexibility index (Phi) is 3.96. The Morgan fingerprint density at radius 1 is 1.05 bits per heavy atom. The molecule has 0 aliphatic rings. The van der Waals surface area contributed by atoms with Crippen LogP contribution in [0.25, 0.3) is 10.8 Å². The largest absolute Gasteiger partial charge is 0.382 e. The van der Waals surface area contributed by atoms with E-state index in [1.807, 2.05) is 18.2 Å². The standard InChI is InChI=1S/C17H16N4O/c18-16-15(19-10-11-20-16)17(22)21-9-8-13-6-3-5-12-4-1-2-7-14(12)13/h1-7,10-11H,8-9H2,(H2,18,20)(H,21,22). The minimum Gasteiger partial charge on any atom is -0.382 e. The van der Waals surface area contributed by atoms with Gasteiger partial charge in [-0.05, 0) is 22.8 Å². The molecule has 3 aromatic rings. The van der Waals surface area contributed by atoms with Crippen molar-refractivity contribution in [2.45, 2.75) is 6.42 Å². The van der Waals surface area contributed by atoms with Crippen LogP contribution in [0, 0.1) is 0 Å². The van der Waals surface area contributed by atoms with Crippen molar-refractivity contribution in [2.75, 3.05) is 12.3 Å². The van der Waals surface area contributed by atoms with Crippen LogP contribution in [0.4, 0.5) is 5.82 Å². The molecule has 0 atom stereocenters. The molecular weight excluding hydrogens is 276 g/mol. The molecule has 3 rings (SSSR count). The molecule has 5 heteroatoms. The third-order valence-corrected chi connectivity index (χ3v) is 3.50. The molecule has 2 aromatic carbocycles. The molecule has 110 valence electrons. The van der Waals surface area contributed by atoms with Gasteiger partial charge in [0.05, 0.1) is 0 Å². The molecule has 0 fully saturated rings. The predicted molar refractivity (Wildman–Crippen MR) is 86.4 cm³/mol. The van der Waals surface area contributed by atoms with Gasteiger partial charge in [-0.1, -0.05) is 42.5 Å². The van der Waals surface area contributed by atoms with E-state index >= 15 is 0 Å². The summed E-state index contributed by atoms with van der Waals surface area (Å²) in [5, 5.41) is 5.24. The Morgan fingerprint density at radius 2 is 1.82 bits per heavy atom. The molecule has 22 heavy (non-hydrogen) atoms. The highest BCUT2D eigenvalue weighted by atomic mass is 16.1. The lowest BCUT2D eigenvalue weighted by atomic mass is 10.0. The van der Waals surface area contributed by atoms with E-state index in [1.165, 1.54) is 28.7 Å². The van der Waals surface area contributed by atoms with Crippen LogP contribution in [0.3, 0.4) is 0 Å². The molecule has 1 amide bonds. The molecule has 0 spiro atoms. The van der Waals surface area contributed by atoms with E-state index in [9.17, 15) is 4.79 Å². The van der Waals surface area contributed by atoms with E-state index in [4.69, 9.17) is 5.73 Å². The average molecular weight is 292 g/mol. The van der Waals surface area contributed by atoms with Gasteiger partial charge in [0, 0.05) is 18.9 Å². The number of carbonyl (C=O) groups excluding carboxylic acids is 1. The molecule has 3 N–H and O–H groups in total. The molecule has 0 saturated heterocycles. The fraction of sp³-hybridized carbons (Fsp3) is 0.118. The second-order valence-electron chi connectivity index (χ2n) is 4.93. The van der Waals surface area contributed by atoms with Gasteiger partial charge in [-0.2, -0.15) is 0 Å². The maximum atomic E-state index is 12.0. The van der Waals surface area contributed by atoms with Crippen LogP contribution < -0.4 is 11.1 Å². The Labute approximate surface area is 128 Å². The van der Waals surface area contributed by atoms with Crippen LogP contribution in [0.5, 0.6) is 0 Å². The van der Waals surface area contributed by atoms with Crippen molar-refractivity contribution in [1.82, 2.24) is 15.3 Å². The third-order valence-electron chi connectivity index (χ3n) is 3.50. The fourth-order valence-corrected chi connectivity index (χ4v) is 2.43. The summed E-state index contributed by atoms with van der Waals surface area (Å²) in [6, 6.07) is 14.4. The van der Waals surface area contributed by atoms with Gasteiger partial charge in [-0.3, -0.25) is 4.79 Å². The fourth-order valence-electron chi connectivity index (χ4n) is 2.43.